The molecule has 1 atom stereocenters. The Morgan fingerprint density at radius 3 is 2.65 bits per heavy atom. The molecule has 1 unspecified atom stereocenters. The first-order valence-electron chi connectivity index (χ1n) is 5.19. The fourth-order valence-electron chi connectivity index (χ4n) is 1.52. The second kappa shape index (κ2) is 5.95. The van der Waals surface area contributed by atoms with Crippen molar-refractivity contribution in [1.82, 2.24) is 8.75 Å². The first-order valence-corrected chi connectivity index (χ1v) is 6.30. The highest BCUT2D eigenvalue weighted by molar-refractivity contribution is 6.99. The molecule has 0 aliphatic heterocycles. The summed E-state index contributed by atoms with van der Waals surface area (Å²) in [5.41, 5.74) is 1.15. The maximum absolute atomic E-state index is 9.33. The van der Waals surface area contributed by atoms with Crippen LogP contribution in [-0.2, 0) is 6.42 Å². The Labute approximate surface area is 109 Å². The Hall–Kier alpha value is -1.17. The second-order valence-corrected chi connectivity index (χ2v) is 4.50. The molecule has 0 saturated heterocycles. The van der Waals surface area contributed by atoms with E-state index < -0.39 is 0 Å². The minimum absolute atomic E-state index is 0.0166. The lowest BCUT2D eigenvalue weighted by Gasteiger charge is -2.15. The van der Waals surface area contributed by atoms with Crippen molar-refractivity contribution in [3.05, 3.63) is 41.0 Å². The van der Waals surface area contributed by atoms with Gasteiger partial charge >= 0.3 is 0 Å². The molecule has 0 fully saturated rings. The second-order valence-electron chi connectivity index (χ2n) is 3.62. The van der Waals surface area contributed by atoms with Crippen molar-refractivity contribution in [2.24, 2.45) is 0 Å². The summed E-state index contributed by atoms with van der Waals surface area (Å²) < 4.78 is 7.88. The van der Waals surface area contributed by atoms with Gasteiger partial charge < -0.3 is 10.4 Å². The topological polar surface area (TPSA) is 58.0 Å². The van der Waals surface area contributed by atoms with Gasteiger partial charge in [0.25, 0.3) is 0 Å². The van der Waals surface area contributed by atoms with Crippen molar-refractivity contribution in [3.8, 4) is 0 Å². The molecule has 0 amide bonds. The van der Waals surface area contributed by atoms with Gasteiger partial charge in [-0.2, -0.15) is 8.75 Å². The highest BCUT2D eigenvalue weighted by Gasteiger charge is 2.12. The van der Waals surface area contributed by atoms with E-state index in [0.29, 0.717) is 17.4 Å². The number of aliphatic hydroxyl groups is 1. The summed E-state index contributed by atoms with van der Waals surface area (Å²) in [6.45, 7) is 0.0166. The van der Waals surface area contributed by atoms with Gasteiger partial charge in [-0.05, 0) is 12.0 Å². The zero-order valence-corrected chi connectivity index (χ0v) is 10.6. The van der Waals surface area contributed by atoms with Crippen LogP contribution in [0.25, 0.3) is 0 Å². The average Bonchev–Trinajstić information content (AvgIpc) is 2.75. The molecule has 0 radical (unpaired) electrons. The van der Waals surface area contributed by atoms with Crippen LogP contribution in [0.1, 0.15) is 5.56 Å². The van der Waals surface area contributed by atoms with E-state index in [-0.39, 0.29) is 12.6 Å². The van der Waals surface area contributed by atoms with Crippen LogP contribution in [0.3, 0.4) is 0 Å². The van der Waals surface area contributed by atoms with Crippen molar-refractivity contribution >= 4 is 29.1 Å². The lowest BCUT2D eigenvalue weighted by Crippen LogP contribution is -2.26. The summed E-state index contributed by atoms with van der Waals surface area (Å²) in [6.07, 6.45) is 0.713. The molecule has 1 aromatic carbocycles. The van der Waals surface area contributed by atoms with Gasteiger partial charge in [0, 0.05) is 0 Å². The fourth-order valence-corrected chi connectivity index (χ4v) is 2.18. The number of hydrogen-bond acceptors (Lipinski definition) is 5. The zero-order valence-electron chi connectivity index (χ0n) is 9.01. The minimum atomic E-state index is -0.112. The Morgan fingerprint density at radius 1 is 1.29 bits per heavy atom. The van der Waals surface area contributed by atoms with Crippen LogP contribution < -0.4 is 5.32 Å². The molecule has 90 valence electrons. The fraction of sp³-hybridized carbons (Fsp3) is 0.273. The molecule has 0 aliphatic rings. The van der Waals surface area contributed by atoms with E-state index in [0.717, 1.165) is 17.3 Å². The summed E-state index contributed by atoms with van der Waals surface area (Å²) in [5, 5.41) is 12.8. The third-order valence-corrected chi connectivity index (χ3v) is 3.23. The molecule has 6 heteroatoms. The first kappa shape index (κ1) is 12.3. The van der Waals surface area contributed by atoms with Crippen molar-refractivity contribution in [3.63, 3.8) is 0 Å². The van der Waals surface area contributed by atoms with Crippen LogP contribution in [0, 0.1) is 0 Å². The number of aliphatic hydroxyl groups excluding tert-OH is 1. The molecule has 4 nitrogen and oxygen atoms in total. The normalized spacial score (nSPS) is 12.4. The van der Waals surface area contributed by atoms with Gasteiger partial charge in [0.1, 0.15) is 0 Å². The standard InChI is InChI=1S/C11H12ClN3OS/c12-10-11(15-17-14-10)13-9(7-16)6-8-4-2-1-3-5-8/h1-5,9,16H,6-7H2,(H,13,15). The molecule has 1 heterocycles. The van der Waals surface area contributed by atoms with E-state index in [9.17, 15) is 5.11 Å². The predicted octanol–water partition coefficient (Wildman–Crippen LogP) is 2.21. The van der Waals surface area contributed by atoms with Gasteiger partial charge in [0.2, 0.25) is 0 Å². The lowest BCUT2D eigenvalue weighted by atomic mass is 10.1. The number of anilines is 1. The maximum Gasteiger partial charge on any atom is 0.186 e. The van der Waals surface area contributed by atoms with E-state index >= 15 is 0 Å². The molecule has 1 aromatic heterocycles. The number of halogens is 1. The van der Waals surface area contributed by atoms with Crippen molar-refractivity contribution in [2.45, 2.75) is 12.5 Å². The SMILES string of the molecule is OCC(Cc1ccccc1)Nc1nsnc1Cl. The minimum Gasteiger partial charge on any atom is -0.394 e. The molecule has 2 N–H and O–H groups in total. The molecule has 0 bridgehead atoms. The van der Waals surface area contributed by atoms with Gasteiger partial charge in [-0.25, -0.2) is 0 Å². The number of aromatic nitrogens is 2. The molecule has 2 rings (SSSR count). The summed E-state index contributed by atoms with van der Waals surface area (Å²) in [6, 6.07) is 9.84. The van der Waals surface area contributed by atoms with E-state index in [2.05, 4.69) is 14.1 Å². The Balaban J connectivity index is 2.00. The Morgan fingerprint density at radius 2 is 2.06 bits per heavy atom. The Bertz CT molecular complexity index is 463. The number of rotatable bonds is 5. The van der Waals surface area contributed by atoms with Gasteiger partial charge in [-0.1, -0.05) is 41.9 Å². The van der Waals surface area contributed by atoms with Crippen LogP contribution in [-0.4, -0.2) is 26.5 Å². The molecular weight excluding hydrogens is 258 g/mol. The van der Waals surface area contributed by atoms with E-state index in [1.165, 1.54) is 0 Å². The average molecular weight is 270 g/mol. The molecule has 0 aliphatic carbocycles. The van der Waals surface area contributed by atoms with E-state index in [4.69, 9.17) is 11.6 Å². The molecule has 0 saturated carbocycles. The smallest absolute Gasteiger partial charge is 0.186 e. The predicted molar refractivity (Wildman–Crippen MR) is 69.6 cm³/mol. The lowest BCUT2D eigenvalue weighted by molar-refractivity contribution is 0.273. The largest absolute Gasteiger partial charge is 0.394 e. The van der Waals surface area contributed by atoms with Crippen molar-refractivity contribution < 1.29 is 5.11 Å². The highest BCUT2D eigenvalue weighted by Crippen LogP contribution is 2.19. The summed E-state index contributed by atoms with van der Waals surface area (Å²) in [5.74, 6) is 0.534. The van der Waals surface area contributed by atoms with Gasteiger partial charge in [0.05, 0.1) is 24.4 Å². The van der Waals surface area contributed by atoms with Crippen molar-refractivity contribution in [2.75, 3.05) is 11.9 Å². The van der Waals surface area contributed by atoms with Gasteiger partial charge in [0.15, 0.2) is 11.0 Å². The summed E-state index contributed by atoms with van der Waals surface area (Å²) >= 11 is 6.89. The van der Waals surface area contributed by atoms with Crippen LogP contribution in [0.4, 0.5) is 5.82 Å². The van der Waals surface area contributed by atoms with Gasteiger partial charge in [-0.15, -0.1) is 0 Å². The number of nitrogens with zero attached hydrogens (tertiary/aromatic N) is 2. The maximum atomic E-state index is 9.33. The quantitative estimate of drug-likeness (QED) is 0.874. The van der Waals surface area contributed by atoms with Crippen LogP contribution in [0.2, 0.25) is 5.15 Å². The van der Waals surface area contributed by atoms with E-state index in [1.807, 2.05) is 30.3 Å². The third-order valence-electron chi connectivity index (χ3n) is 2.33. The molecule has 2 aromatic rings. The highest BCUT2D eigenvalue weighted by atomic mass is 35.5. The summed E-state index contributed by atoms with van der Waals surface area (Å²) in [4.78, 5) is 0. The Kier molecular flexibility index (Phi) is 4.30. The molecule has 17 heavy (non-hydrogen) atoms. The summed E-state index contributed by atoms with van der Waals surface area (Å²) in [7, 11) is 0. The number of hydrogen-bond donors (Lipinski definition) is 2. The van der Waals surface area contributed by atoms with Crippen LogP contribution in [0.5, 0.6) is 0 Å². The molecule has 0 spiro atoms. The van der Waals surface area contributed by atoms with Crippen molar-refractivity contribution in [1.29, 1.82) is 0 Å². The molecular formula is C11H12ClN3OS. The number of benzene rings is 1. The monoisotopic (exact) mass is 269 g/mol. The van der Waals surface area contributed by atoms with Gasteiger partial charge in [-0.3, -0.25) is 0 Å². The third kappa shape index (κ3) is 3.39. The zero-order chi connectivity index (χ0) is 12.1. The number of nitrogens with one attached hydrogen (secondary N) is 1. The van der Waals surface area contributed by atoms with Crippen LogP contribution in [0.15, 0.2) is 30.3 Å². The first-order chi connectivity index (χ1) is 8.29. The van der Waals surface area contributed by atoms with Crippen LogP contribution >= 0.6 is 23.3 Å². The van der Waals surface area contributed by atoms with E-state index in [1.54, 1.807) is 0 Å².